The molecule has 0 radical (unpaired) electrons. The molecule has 0 fully saturated rings. The van der Waals surface area contributed by atoms with Crippen molar-refractivity contribution in [2.45, 2.75) is 25.7 Å². The summed E-state index contributed by atoms with van der Waals surface area (Å²) in [7, 11) is 0. The molecule has 1 aromatic heterocycles. The average molecular weight is 378 g/mol. The molecule has 4 nitrogen and oxygen atoms in total. The average Bonchev–Trinajstić information content (AvgIpc) is 3.18. The number of esters is 1. The van der Waals surface area contributed by atoms with E-state index in [4.69, 9.17) is 4.74 Å². The van der Waals surface area contributed by atoms with E-state index in [9.17, 15) is 10.1 Å². The van der Waals surface area contributed by atoms with Crippen LogP contribution in [0.15, 0.2) is 71.8 Å². The second-order valence-corrected chi connectivity index (χ2v) is 6.24. The molecule has 0 N–H and O–H groups in total. The van der Waals surface area contributed by atoms with Gasteiger partial charge in [-0.2, -0.15) is 5.26 Å². The molecule has 27 heavy (non-hydrogen) atoms. The number of hydrogen-bond acceptors (Lipinski definition) is 4. The van der Waals surface area contributed by atoms with E-state index in [0.29, 0.717) is 17.9 Å². The molecule has 1 heterocycles. The number of carbonyl (C=O) groups excluding carboxylic acids is 1. The van der Waals surface area contributed by atoms with Crippen molar-refractivity contribution in [1.29, 1.82) is 5.26 Å². The van der Waals surface area contributed by atoms with Crippen LogP contribution in [0.5, 0.6) is 0 Å². The standard InChI is InChI=1S/C20H16N2O2S.C2H6/c1-2-24-20(23)18-9-6-12-22(18)25-19-13-16(10-11-17(19)14-21)15-7-4-3-5-8-15;1-2/h3-13H,2H2,1H3;1-2H3. The molecule has 0 amide bonds. The second kappa shape index (κ2) is 10.2. The Balaban J connectivity index is 0.00000126. The zero-order valence-electron chi connectivity index (χ0n) is 15.7. The molecule has 2 aromatic carbocycles. The first-order chi connectivity index (χ1) is 13.2. The Morgan fingerprint density at radius 3 is 2.48 bits per heavy atom. The van der Waals surface area contributed by atoms with E-state index in [0.717, 1.165) is 16.0 Å². The third-order valence-corrected chi connectivity index (χ3v) is 4.65. The van der Waals surface area contributed by atoms with Crippen molar-refractivity contribution in [3.8, 4) is 17.2 Å². The van der Waals surface area contributed by atoms with Crippen LogP contribution < -0.4 is 0 Å². The molecular formula is C22H22N2O2S. The van der Waals surface area contributed by atoms with Crippen molar-refractivity contribution in [3.63, 3.8) is 0 Å². The van der Waals surface area contributed by atoms with Crippen molar-refractivity contribution in [2.75, 3.05) is 6.61 Å². The van der Waals surface area contributed by atoms with Crippen LogP contribution in [0.3, 0.4) is 0 Å². The van der Waals surface area contributed by atoms with Crippen LogP contribution >= 0.6 is 11.9 Å². The van der Waals surface area contributed by atoms with E-state index in [1.165, 1.54) is 11.9 Å². The van der Waals surface area contributed by atoms with Crippen molar-refractivity contribution < 1.29 is 9.53 Å². The molecule has 3 aromatic rings. The first-order valence-electron chi connectivity index (χ1n) is 8.85. The molecule has 0 aliphatic heterocycles. The van der Waals surface area contributed by atoms with E-state index in [2.05, 4.69) is 6.07 Å². The number of hydrogen-bond donors (Lipinski definition) is 0. The predicted molar refractivity (Wildman–Crippen MR) is 110 cm³/mol. The summed E-state index contributed by atoms with van der Waals surface area (Å²) in [6.45, 7) is 6.09. The van der Waals surface area contributed by atoms with Gasteiger partial charge in [0.2, 0.25) is 0 Å². The largest absolute Gasteiger partial charge is 0.461 e. The Kier molecular flexibility index (Phi) is 7.72. The van der Waals surface area contributed by atoms with Crippen LogP contribution in [0.1, 0.15) is 36.8 Å². The molecule has 3 rings (SSSR count). The normalized spacial score (nSPS) is 9.70. The fourth-order valence-corrected chi connectivity index (χ4v) is 3.38. The molecular weight excluding hydrogens is 356 g/mol. The van der Waals surface area contributed by atoms with Gasteiger partial charge in [-0.1, -0.05) is 50.2 Å². The van der Waals surface area contributed by atoms with Gasteiger partial charge in [0.05, 0.1) is 12.2 Å². The predicted octanol–water partition coefficient (Wildman–Crippen LogP) is 5.79. The maximum atomic E-state index is 12.0. The summed E-state index contributed by atoms with van der Waals surface area (Å²) in [5.74, 6) is -0.377. The maximum absolute atomic E-state index is 12.0. The molecule has 0 bridgehead atoms. The number of aromatic nitrogens is 1. The third kappa shape index (κ3) is 5.02. The molecule has 0 saturated heterocycles. The van der Waals surface area contributed by atoms with Gasteiger partial charge in [0.25, 0.3) is 0 Å². The Morgan fingerprint density at radius 1 is 1.07 bits per heavy atom. The lowest BCUT2D eigenvalue weighted by Crippen LogP contribution is -2.08. The van der Waals surface area contributed by atoms with E-state index < -0.39 is 0 Å². The van der Waals surface area contributed by atoms with Gasteiger partial charge in [0.15, 0.2) is 0 Å². The van der Waals surface area contributed by atoms with Crippen LogP contribution in [0.4, 0.5) is 0 Å². The van der Waals surface area contributed by atoms with E-state index in [1.807, 2.05) is 56.3 Å². The summed E-state index contributed by atoms with van der Waals surface area (Å²) in [5.41, 5.74) is 3.10. The molecule has 5 heteroatoms. The Labute approximate surface area is 164 Å². The van der Waals surface area contributed by atoms with Gasteiger partial charge >= 0.3 is 5.97 Å². The van der Waals surface area contributed by atoms with Gasteiger partial charge in [-0.05, 0) is 54.3 Å². The lowest BCUT2D eigenvalue weighted by Gasteiger charge is -2.10. The molecule has 0 unspecified atom stereocenters. The van der Waals surface area contributed by atoms with Crippen LogP contribution in [-0.4, -0.2) is 16.5 Å². The van der Waals surface area contributed by atoms with Crippen LogP contribution in [0.2, 0.25) is 0 Å². The molecule has 0 aliphatic rings. The molecule has 138 valence electrons. The monoisotopic (exact) mass is 378 g/mol. The van der Waals surface area contributed by atoms with E-state index >= 15 is 0 Å². The molecule has 0 saturated carbocycles. The number of rotatable bonds is 5. The fraction of sp³-hybridized carbons (Fsp3) is 0.182. The zero-order chi connectivity index (χ0) is 19.6. The quantitative estimate of drug-likeness (QED) is 0.528. The Morgan fingerprint density at radius 2 is 1.81 bits per heavy atom. The van der Waals surface area contributed by atoms with Gasteiger partial charge in [-0.3, -0.25) is 3.97 Å². The van der Waals surface area contributed by atoms with Crippen molar-refractivity contribution in [3.05, 3.63) is 78.1 Å². The summed E-state index contributed by atoms with van der Waals surface area (Å²) in [5, 5.41) is 9.41. The third-order valence-electron chi connectivity index (χ3n) is 3.60. The molecule has 0 atom stereocenters. The highest BCUT2D eigenvalue weighted by Crippen LogP contribution is 2.31. The fourth-order valence-electron chi connectivity index (χ4n) is 2.42. The number of nitrogens with zero attached hydrogens (tertiary/aromatic N) is 2. The van der Waals surface area contributed by atoms with Crippen LogP contribution in [0, 0.1) is 11.3 Å². The summed E-state index contributed by atoms with van der Waals surface area (Å²) < 4.78 is 6.80. The zero-order valence-corrected chi connectivity index (χ0v) is 16.5. The highest BCUT2D eigenvalue weighted by atomic mass is 32.2. The SMILES string of the molecule is CC.CCOC(=O)c1cccn1Sc1cc(-c2ccccc2)ccc1C#N. The van der Waals surface area contributed by atoms with Gasteiger partial charge in [-0.15, -0.1) is 0 Å². The van der Waals surface area contributed by atoms with E-state index in [1.54, 1.807) is 35.3 Å². The summed E-state index contributed by atoms with van der Waals surface area (Å²) in [4.78, 5) is 12.8. The van der Waals surface area contributed by atoms with Gasteiger partial charge in [-0.25, -0.2) is 4.79 Å². The van der Waals surface area contributed by atoms with Gasteiger partial charge in [0.1, 0.15) is 11.8 Å². The Bertz CT molecular complexity index is 927. The summed E-state index contributed by atoms with van der Waals surface area (Å²) in [6, 6.07) is 21.4. The first-order valence-corrected chi connectivity index (χ1v) is 9.62. The minimum absolute atomic E-state index is 0.321. The van der Waals surface area contributed by atoms with Crippen molar-refractivity contribution in [2.24, 2.45) is 0 Å². The van der Waals surface area contributed by atoms with Gasteiger partial charge < -0.3 is 4.74 Å². The number of benzene rings is 2. The van der Waals surface area contributed by atoms with E-state index in [-0.39, 0.29) is 5.97 Å². The first kappa shape index (κ1) is 20.3. The molecule has 0 aliphatic carbocycles. The molecule has 0 spiro atoms. The van der Waals surface area contributed by atoms with Crippen molar-refractivity contribution in [1.82, 2.24) is 3.97 Å². The number of carbonyl (C=O) groups is 1. The minimum atomic E-state index is -0.377. The lowest BCUT2D eigenvalue weighted by molar-refractivity contribution is 0.0519. The van der Waals surface area contributed by atoms with Crippen LogP contribution in [0.25, 0.3) is 11.1 Å². The maximum Gasteiger partial charge on any atom is 0.355 e. The summed E-state index contributed by atoms with van der Waals surface area (Å²) >= 11 is 1.33. The van der Waals surface area contributed by atoms with Gasteiger partial charge in [0, 0.05) is 11.1 Å². The smallest absolute Gasteiger partial charge is 0.355 e. The topological polar surface area (TPSA) is 55.0 Å². The Hall–Kier alpha value is -2.97. The summed E-state index contributed by atoms with van der Waals surface area (Å²) in [6.07, 6.45) is 1.78. The second-order valence-electron chi connectivity index (χ2n) is 5.22. The number of ether oxygens (including phenoxy) is 1. The lowest BCUT2D eigenvalue weighted by atomic mass is 10.0. The number of nitriles is 1. The highest BCUT2D eigenvalue weighted by molar-refractivity contribution is 7.98. The highest BCUT2D eigenvalue weighted by Gasteiger charge is 2.14. The van der Waals surface area contributed by atoms with Crippen molar-refractivity contribution >= 4 is 17.9 Å². The minimum Gasteiger partial charge on any atom is -0.461 e. The van der Waals surface area contributed by atoms with Crippen LogP contribution in [-0.2, 0) is 4.74 Å².